The SMILES string of the molecule is C=C(C)OC(=O)N[C@@H]1CC=C(CNCC2(CNC(=O)OC(C)(C)C)CC2)O[C@@H]1C1[C@@H](NC(=O)OC(C)(C)C)C[C@@H](NC(=O)[C@@H](O)CNC(=O)OC(C)(C)C)[C@H](O[C@H]2OC[C@](C)(O)[C@H](N(C)C(=O)OC(C)(C)C)[C@H]2O)[C@H]1O. The number of allylic oxidation sites excluding steroid dienone is 1. The molecule has 3 fully saturated rings. The molecule has 0 spiro atoms. The molecule has 2 heterocycles. The molecular formula is C51H87N7O18. The van der Waals surface area contributed by atoms with E-state index >= 15 is 0 Å². The van der Waals surface area contributed by atoms with Gasteiger partial charge in [0.05, 0.1) is 49.7 Å². The second-order valence-corrected chi connectivity index (χ2v) is 24.5. The van der Waals surface area contributed by atoms with E-state index in [-0.39, 0.29) is 30.6 Å². The van der Waals surface area contributed by atoms with Crippen molar-refractivity contribution >= 4 is 36.4 Å². The number of aliphatic hydroxyl groups excluding tert-OH is 3. The van der Waals surface area contributed by atoms with Crippen molar-refractivity contribution < 1.29 is 87.1 Å². The smallest absolute Gasteiger partial charge is 0.412 e. The summed E-state index contributed by atoms with van der Waals surface area (Å²) in [6, 6.07) is -5.01. The summed E-state index contributed by atoms with van der Waals surface area (Å²) in [6.07, 6.45) is -11.2. The zero-order chi connectivity index (χ0) is 57.5. The minimum atomic E-state index is -1.91. The molecular weight excluding hydrogens is 999 g/mol. The van der Waals surface area contributed by atoms with Gasteiger partial charge < -0.3 is 95.1 Å². The van der Waals surface area contributed by atoms with E-state index in [0.717, 1.165) is 17.7 Å². The average molecular weight is 1090 g/mol. The van der Waals surface area contributed by atoms with Gasteiger partial charge in [-0.1, -0.05) is 6.58 Å². The third kappa shape index (κ3) is 19.7. The lowest BCUT2D eigenvalue weighted by Gasteiger charge is -2.52. The van der Waals surface area contributed by atoms with Crippen LogP contribution in [0.2, 0.25) is 0 Å². The summed E-state index contributed by atoms with van der Waals surface area (Å²) in [6.45, 7) is 26.3. The van der Waals surface area contributed by atoms with Gasteiger partial charge in [-0.3, -0.25) is 4.79 Å². The van der Waals surface area contributed by atoms with E-state index in [1.54, 1.807) is 89.2 Å². The molecule has 2 aliphatic carbocycles. The quantitative estimate of drug-likeness (QED) is 0.0739. The van der Waals surface area contributed by atoms with Crippen molar-refractivity contribution in [2.45, 2.75) is 212 Å². The highest BCUT2D eigenvalue weighted by atomic mass is 16.7. The molecule has 76 heavy (non-hydrogen) atoms. The van der Waals surface area contributed by atoms with Crippen molar-refractivity contribution in [3.8, 4) is 0 Å². The fourth-order valence-electron chi connectivity index (χ4n) is 9.06. The number of carbonyl (C=O) groups is 6. The van der Waals surface area contributed by atoms with Crippen molar-refractivity contribution in [2.75, 3.05) is 39.8 Å². The third-order valence-electron chi connectivity index (χ3n) is 12.4. The first-order valence-electron chi connectivity index (χ1n) is 25.7. The second kappa shape index (κ2) is 25.1. The number of hydrogen-bond acceptors (Lipinski definition) is 19. The van der Waals surface area contributed by atoms with E-state index < -0.39 is 144 Å². The Labute approximate surface area is 446 Å². The maximum Gasteiger partial charge on any atom is 0.412 e. The van der Waals surface area contributed by atoms with Gasteiger partial charge in [-0.2, -0.15) is 0 Å². The van der Waals surface area contributed by atoms with Gasteiger partial charge in [0.2, 0.25) is 0 Å². The van der Waals surface area contributed by atoms with Crippen LogP contribution in [0.25, 0.3) is 0 Å². The summed E-state index contributed by atoms with van der Waals surface area (Å²) in [4.78, 5) is 80.4. The van der Waals surface area contributed by atoms with E-state index in [1.807, 2.05) is 0 Å². The minimum absolute atomic E-state index is 0.0692. The molecule has 4 rings (SSSR count). The lowest BCUT2D eigenvalue weighted by Crippen LogP contribution is -2.71. The van der Waals surface area contributed by atoms with Gasteiger partial charge >= 0.3 is 30.5 Å². The molecule has 0 aromatic heterocycles. The maximum absolute atomic E-state index is 13.9. The monoisotopic (exact) mass is 1090 g/mol. The van der Waals surface area contributed by atoms with Gasteiger partial charge in [-0.25, -0.2) is 24.0 Å². The molecule has 434 valence electrons. The Morgan fingerprint density at radius 3 is 1.88 bits per heavy atom. The summed E-state index contributed by atoms with van der Waals surface area (Å²) >= 11 is 0. The maximum atomic E-state index is 13.9. The van der Waals surface area contributed by atoms with Crippen LogP contribution in [0.1, 0.15) is 123 Å². The van der Waals surface area contributed by atoms with E-state index in [9.17, 15) is 49.2 Å². The number of aliphatic hydroxyl groups is 4. The van der Waals surface area contributed by atoms with Crippen molar-refractivity contribution in [3.63, 3.8) is 0 Å². The third-order valence-corrected chi connectivity index (χ3v) is 12.4. The predicted octanol–water partition coefficient (Wildman–Crippen LogP) is 2.92. The molecule has 1 unspecified atom stereocenters. The molecule has 25 nitrogen and oxygen atoms in total. The molecule has 0 radical (unpaired) electrons. The van der Waals surface area contributed by atoms with E-state index in [4.69, 9.17) is 37.9 Å². The largest absolute Gasteiger partial charge is 0.491 e. The lowest BCUT2D eigenvalue weighted by molar-refractivity contribution is -0.305. The molecule has 10 N–H and O–H groups in total. The first-order valence-corrected chi connectivity index (χ1v) is 25.7. The predicted molar refractivity (Wildman–Crippen MR) is 273 cm³/mol. The number of hydrogen-bond donors (Lipinski definition) is 10. The summed E-state index contributed by atoms with van der Waals surface area (Å²) in [5.74, 6) is -1.90. The van der Waals surface area contributed by atoms with E-state index in [1.165, 1.54) is 20.9 Å². The Kier molecular flexibility index (Phi) is 20.9. The number of nitrogens with zero attached hydrogens (tertiary/aromatic N) is 1. The van der Waals surface area contributed by atoms with Crippen molar-refractivity contribution in [1.82, 2.24) is 36.8 Å². The molecule has 4 aliphatic rings. The molecule has 0 bridgehead atoms. The fraction of sp³-hybridized carbons (Fsp3) is 0.804. The first kappa shape index (κ1) is 63.4. The molecule has 0 aromatic rings. The molecule has 0 aromatic carbocycles. The van der Waals surface area contributed by atoms with Crippen LogP contribution in [0.3, 0.4) is 0 Å². The number of likely N-dealkylation sites (N-methyl/N-ethyl adjacent to an activating group) is 1. The van der Waals surface area contributed by atoms with Crippen LogP contribution in [-0.2, 0) is 42.7 Å². The molecule has 2 saturated carbocycles. The van der Waals surface area contributed by atoms with Crippen LogP contribution in [0.4, 0.5) is 24.0 Å². The summed E-state index contributed by atoms with van der Waals surface area (Å²) in [7, 11) is 1.31. The zero-order valence-electron chi connectivity index (χ0n) is 47.0. The topological polar surface area (TPSA) is 333 Å². The summed E-state index contributed by atoms with van der Waals surface area (Å²) in [5, 5.41) is 64.5. The Hall–Kier alpha value is -5.18. The van der Waals surface area contributed by atoms with Gasteiger partial charge in [0, 0.05) is 37.5 Å². The standard InChI is InChI=1S/C51H87N7O18/c1-27(2)70-43(65)56-29-18-17-28(22-52-24-51(19-20-51)25-54-42(64)74-47(6,7)8)71-36(29)33-30(57-44(66)75-48(9,10)11)21-31(55-39(62)32(59)23-53-41(63)73-46(3,4)5)37(34(33)60)72-40-35(61)38(50(15,68)26-69-40)58(16)45(67)76-49(12,13)14/h17,29-38,40,52,59-61,68H,1,18-26H2,2-16H3,(H,53,63)(H,54,64)(H,55,62)(H,56,65)(H,57,66)/t29-,30+,31-,32+,33?,34+,35-,36+,37+,38-,40-,50+/m1/s1. The molecule has 6 amide bonds. The number of carbonyl (C=O) groups excluding carboxylic acids is 6. The zero-order valence-corrected chi connectivity index (χ0v) is 47.0. The fourth-order valence-corrected chi connectivity index (χ4v) is 9.06. The number of ether oxygens (including phenoxy) is 8. The van der Waals surface area contributed by atoms with Crippen LogP contribution < -0.4 is 31.9 Å². The van der Waals surface area contributed by atoms with Gasteiger partial charge in [-0.15, -0.1) is 0 Å². The summed E-state index contributed by atoms with van der Waals surface area (Å²) < 4.78 is 46.3. The Bertz CT molecular complexity index is 2090. The molecule has 25 heteroatoms. The van der Waals surface area contributed by atoms with Crippen molar-refractivity contribution in [2.24, 2.45) is 11.3 Å². The average Bonchev–Trinajstić information content (AvgIpc) is 4.01. The van der Waals surface area contributed by atoms with Crippen LogP contribution >= 0.6 is 0 Å². The van der Waals surface area contributed by atoms with Crippen molar-refractivity contribution in [1.29, 1.82) is 0 Å². The van der Waals surface area contributed by atoms with E-state index in [0.29, 0.717) is 18.8 Å². The molecule has 1 saturated heterocycles. The Morgan fingerprint density at radius 2 is 1.33 bits per heavy atom. The number of amides is 6. The van der Waals surface area contributed by atoms with Gasteiger partial charge in [-0.05, 0) is 129 Å². The van der Waals surface area contributed by atoms with E-state index in [2.05, 4.69) is 38.5 Å². The van der Waals surface area contributed by atoms with Crippen molar-refractivity contribution in [3.05, 3.63) is 24.2 Å². The highest BCUT2D eigenvalue weighted by Gasteiger charge is 2.57. The van der Waals surface area contributed by atoms with Crippen LogP contribution in [0, 0.1) is 11.3 Å². The number of rotatable bonds is 17. The first-order chi connectivity index (χ1) is 34.8. The number of nitrogens with one attached hydrogen (secondary N) is 6. The highest BCUT2D eigenvalue weighted by Crippen LogP contribution is 2.45. The van der Waals surface area contributed by atoms with Gasteiger partial charge in [0.1, 0.15) is 58.2 Å². The normalized spacial score (nSPS) is 28.9. The van der Waals surface area contributed by atoms with Crippen LogP contribution in [0.5, 0.6) is 0 Å². The van der Waals surface area contributed by atoms with Gasteiger partial charge in [0.25, 0.3) is 5.91 Å². The Balaban J connectivity index is 1.76. The highest BCUT2D eigenvalue weighted by molar-refractivity contribution is 5.82. The van der Waals surface area contributed by atoms with Gasteiger partial charge in [0.15, 0.2) is 6.29 Å². The Morgan fingerprint density at radius 1 is 0.776 bits per heavy atom. The minimum Gasteiger partial charge on any atom is -0.491 e. The summed E-state index contributed by atoms with van der Waals surface area (Å²) in [5.41, 5.74) is -5.71. The number of alkyl carbamates (subject to hydrolysis) is 4. The van der Waals surface area contributed by atoms with Crippen LogP contribution in [-0.4, -0.2) is 191 Å². The molecule has 2 aliphatic heterocycles. The lowest BCUT2D eigenvalue weighted by atomic mass is 9.72. The second-order valence-electron chi connectivity index (χ2n) is 24.5. The molecule has 12 atom stereocenters. The van der Waals surface area contributed by atoms with Crippen LogP contribution in [0.15, 0.2) is 24.2 Å².